The van der Waals surface area contributed by atoms with Gasteiger partial charge in [-0.25, -0.2) is 0 Å². The first kappa shape index (κ1) is 15.3. The second kappa shape index (κ2) is 7.62. The Hall–Kier alpha value is -0.770. The first-order valence-electron chi connectivity index (χ1n) is 6.51. The second-order valence-corrected chi connectivity index (χ2v) is 4.97. The molecular weight excluding hydrogens is 248 g/mol. The number of hydrogen-bond donors (Lipinski definition) is 2. The Balaban J connectivity index is 2.90. The van der Waals surface area contributed by atoms with Gasteiger partial charge in [0.2, 0.25) is 0 Å². The van der Waals surface area contributed by atoms with Gasteiger partial charge in [0.25, 0.3) is 0 Å². The summed E-state index contributed by atoms with van der Waals surface area (Å²) in [6.45, 7) is 5.74. The van der Waals surface area contributed by atoms with Crippen LogP contribution in [0.15, 0.2) is 18.2 Å². The van der Waals surface area contributed by atoms with Crippen molar-refractivity contribution in [2.45, 2.75) is 32.7 Å². The zero-order chi connectivity index (χ0) is 13.5. The van der Waals surface area contributed by atoms with Gasteiger partial charge in [-0.3, -0.25) is 0 Å². The molecule has 0 saturated carbocycles. The van der Waals surface area contributed by atoms with E-state index in [1.54, 1.807) is 0 Å². The molecule has 3 N–H and O–H groups in total. The molecule has 0 bridgehead atoms. The molecule has 0 aromatic heterocycles. The van der Waals surface area contributed by atoms with Gasteiger partial charge in [-0.15, -0.1) is 0 Å². The molecule has 0 saturated heterocycles. The Bertz CT molecular complexity index is 369. The van der Waals surface area contributed by atoms with Crippen LogP contribution < -0.4 is 10.6 Å². The van der Waals surface area contributed by atoms with Crippen molar-refractivity contribution in [1.29, 1.82) is 0 Å². The van der Waals surface area contributed by atoms with E-state index >= 15 is 0 Å². The van der Waals surface area contributed by atoms with E-state index in [1.807, 2.05) is 25.1 Å². The molecule has 0 aliphatic rings. The van der Waals surface area contributed by atoms with Crippen LogP contribution in [0, 0.1) is 0 Å². The lowest BCUT2D eigenvalue weighted by molar-refractivity contribution is 0.301. The number of aliphatic hydroxyl groups is 1. The molecule has 1 atom stereocenters. The van der Waals surface area contributed by atoms with Crippen LogP contribution in [0.3, 0.4) is 0 Å². The lowest BCUT2D eigenvalue weighted by Crippen LogP contribution is -2.28. The minimum Gasteiger partial charge on any atom is -0.395 e. The molecule has 0 aliphatic heterocycles. The van der Waals surface area contributed by atoms with Crippen molar-refractivity contribution in [2.75, 3.05) is 24.6 Å². The van der Waals surface area contributed by atoms with Crippen LogP contribution in [0.1, 0.15) is 38.3 Å². The van der Waals surface area contributed by atoms with E-state index in [9.17, 15) is 0 Å². The smallest absolute Gasteiger partial charge is 0.0642 e. The van der Waals surface area contributed by atoms with Crippen molar-refractivity contribution in [3.63, 3.8) is 0 Å². The first-order chi connectivity index (χ1) is 8.60. The van der Waals surface area contributed by atoms with E-state index in [0.29, 0.717) is 11.6 Å². The van der Waals surface area contributed by atoms with Gasteiger partial charge < -0.3 is 15.7 Å². The van der Waals surface area contributed by atoms with E-state index in [-0.39, 0.29) is 12.6 Å². The fourth-order valence-corrected chi connectivity index (χ4v) is 2.19. The van der Waals surface area contributed by atoms with Crippen molar-refractivity contribution in [2.24, 2.45) is 5.73 Å². The Labute approximate surface area is 115 Å². The molecule has 0 amide bonds. The van der Waals surface area contributed by atoms with Gasteiger partial charge in [0.15, 0.2) is 0 Å². The molecule has 1 aromatic rings. The summed E-state index contributed by atoms with van der Waals surface area (Å²) in [7, 11) is 0. The number of aliphatic hydroxyl groups excluding tert-OH is 1. The van der Waals surface area contributed by atoms with Crippen LogP contribution in [0.4, 0.5) is 5.69 Å². The van der Waals surface area contributed by atoms with Gasteiger partial charge in [0.1, 0.15) is 0 Å². The predicted octanol–water partition coefficient (Wildman–Crippen LogP) is 2.96. The van der Waals surface area contributed by atoms with Crippen LogP contribution in [0.2, 0.25) is 5.02 Å². The van der Waals surface area contributed by atoms with Gasteiger partial charge in [-0.2, -0.15) is 0 Å². The topological polar surface area (TPSA) is 49.5 Å². The number of halogens is 1. The lowest BCUT2D eigenvalue weighted by atomic mass is 10.1. The fraction of sp³-hybridized carbons (Fsp3) is 0.571. The number of benzene rings is 1. The highest BCUT2D eigenvalue weighted by Crippen LogP contribution is 2.28. The molecule has 102 valence electrons. The van der Waals surface area contributed by atoms with Crippen molar-refractivity contribution < 1.29 is 5.11 Å². The molecule has 4 heteroatoms. The monoisotopic (exact) mass is 270 g/mol. The molecule has 3 nitrogen and oxygen atoms in total. The number of rotatable bonds is 7. The summed E-state index contributed by atoms with van der Waals surface area (Å²) >= 11 is 6.30. The molecule has 1 rings (SSSR count). The van der Waals surface area contributed by atoms with Gasteiger partial charge in [-0.1, -0.05) is 31.0 Å². The average Bonchev–Trinajstić information content (AvgIpc) is 2.34. The van der Waals surface area contributed by atoms with Crippen molar-refractivity contribution in [3.8, 4) is 0 Å². The highest BCUT2D eigenvalue weighted by molar-refractivity contribution is 6.33. The van der Waals surface area contributed by atoms with Crippen LogP contribution in [-0.4, -0.2) is 24.8 Å². The quantitative estimate of drug-likeness (QED) is 0.801. The van der Waals surface area contributed by atoms with Crippen LogP contribution in [-0.2, 0) is 0 Å². The Morgan fingerprint density at radius 2 is 2.11 bits per heavy atom. The maximum Gasteiger partial charge on any atom is 0.0642 e. The summed E-state index contributed by atoms with van der Waals surface area (Å²) in [5.74, 6) is 0. The number of anilines is 1. The van der Waals surface area contributed by atoms with E-state index in [4.69, 9.17) is 22.4 Å². The zero-order valence-corrected chi connectivity index (χ0v) is 12.0. The third-order valence-electron chi connectivity index (χ3n) is 2.99. The highest BCUT2D eigenvalue weighted by Gasteiger charge is 2.11. The van der Waals surface area contributed by atoms with Gasteiger partial charge >= 0.3 is 0 Å². The summed E-state index contributed by atoms with van der Waals surface area (Å²) in [5, 5.41) is 9.83. The largest absolute Gasteiger partial charge is 0.395 e. The second-order valence-electron chi connectivity index (χ2n) is 4.56. The number of nitrogens with two attached hydrogens (primary N) is 1. The third-order valence-corrected chi connectivity index (χ3v) is 3.29. The molecule has 18 heavy (non-hydrogen) atoms. The molecule has 0 radical (unpaired) electrons. The summed E-state index contributed by atoms with van der Waals surface area (Å²) in [6.07, 6.45) is 2.21. The summed E-state index contributed by atoms with van der Waals surface area (Å²) in [5.41, 5.74) is 7.84. The predicted molar refractivity (Wildman–Crippen MR) is 78.3 cm³/mol. The van der Waals surface area contributed by atoms with Crippen molar-refractivity contribution in [3.05, 3.63) is 28.8 Å². The number of nitrogens with zero attached hydrogens (tertiary/aromatic N) is 1. The minimum atomic E-state index is -0.0153. The first-order valence-corrected chi connectivity index (χ1v) is 6.88. The van der Waals surface area contributed by atoms with Crippen molar-refractivity contribution in [1.82, 2.24) is 0 Å². The van der Waals surface area contributed by atoms with Crippen LogP contribution >= 0.6 is 11.6 Å². The van der Waals surface area contributed by atoms with E-state index in [1.165, 1.54) is 0 Å². The Morgan fingerprint density at radius 1 is 1.39 bits per heavy atom. The summed E-state index contributed by atoms with van der Waals surface area (Å²) in [4.78, 5) is 2.12. The standard InChI is InChI=1S/C14H23ClN2O/c1-3-4-7-17(8-9-18)14-6-5-12(11(2)16)10-13(14)15/h5-6,10-11,18H,3-4,7-9,16H2,1-2H3/t11-/m0/s1. The highest BCUT2D eigenvalue weighted by atomic mass is 35.5. The zero-order valence-electron chi connectivity index (χ0n) is 11.2. The molecule has 0 heterocycles. The van der Waals surface area contributed by atoms with Crippen LogP contribution in [0.5, 0.6) is 0 Å². The maximum atomic E-state index is 9.13. The van der Waals surface area contributed by atoms with Gasteiger partial charge in [-0.05, 0) is 31.0 Å². The molecular formula is C14H23ClN2O. The molecule has 0 aliphatic carbocycles. The third kappa shape index (κ3) is 4.16. The van der Waals surface area contributed by atoms with E-state index < -0.39 is 0 Å². The molecule has 0 fully saturated rings. The SMILES string of the molecule is CCCCN(CCO)c1ccc([C@H](C)N)cc1Cl. The maximum absolute atomic E-state index is 9.13. The van der Waals surface area contributed by atoms with Crippen molar-refractivity contribution >= 4 is 17.3 Å². The molecule has 0 spiro atoms. The number of unbranched alkanes of at least 4 members (excludes halogenated alkanes) is 1. The summed E-state index contributed by atoms with van der Waals surface area (Å²) in [6, 6.07) is 5.89. The van der Waals surface area contributed by atoms with E-state index in [0.717, 1.165) is 30.6 Å². The lowest BCUT2D eigenvalue weighted by Gasteiger charge is -2.25. The normalized spacial score (nSPS) is 12.5. The fourth-order valence-electron chi connectivity index (χ4n) is 1.89. The van der Waals surface area contributed by atoms with E-state index in [2.05, 4.69) is 11.8 Å². The minimum absolute atomic E-state index is 0.0153. The molecule has 1 aromatic carbocycles. The summed E-state index contributed by atoms with van der Waals surface area (Å²) < 4.78 is 0. The Morgan fingerprint density at radius 3 is 2.61 bits per heavy atom. The van der Waals surface area contributed by atoms with Gasteiger partial charge in [0, 0.05) is 19.1 Å². The van der Waals surface area contributed by atoms with Gasteiger partial charge in [0.05, 0.1) is 17.3 Å². The van der Waals surface area contributed by atoms with Crippen LogP contribution in [0.25, 0.3) is 0 Å². The average molecular weight is 271 g/mol. The molecule has 0 unspecified atom stereocenters. The number of hydrogen-bond acceptors (Lipinski definition) is 3. The Kier molecular flexibility index (Phi) is 6.47.